The highest BCUT2D eigenvalue weighted by Gasteiger charge is 2.14. The van der Waals surface area contributed by atoms with Crippen LogP contribution in [0.25, 0.3) is 11.3 Å². The maximum atomic E-state index is 12.9. The van der Waals surface area contributed by atoms with E-state index in [0.29, 0.717) is 5.56 Å². The van der Waals surface area contributed by atoms with E-state index >= 15 is 0 Å². The number of thioether (sulfide) groups is 2. The monoisotopic (exact) mass is 425 g/mol. The van der Waals surface area contributed by atoms with Crippen molar-refractivity contribution in [2.45, 2.75) is 12.7 Å². The van der Waals surface area contributed by atoms with E-state index in [2.05, 4.69) is 15.3 Å². The van der Waals surface area contributed by atoms with Crippen LogP contribution in [0, 0.1) is 6.92 Å². The van der Waals surface area contributed by atoms with E-state index in [9.17, 15) is 4.79 Å². The Bertz CT molecular complexity index is 1030. The summed E-state index contributed by atoms with van der Waals surface area (Å²) in [5.41, 5.74) is 4.43. The minimum Gasteiger partial charge on any atom is -0.322 e. The molecule has 1 amide bonds. The van der Waals surface area contributed by atoms with Gasteiger partial charge in [0, 0.05) is 33.7 Å². The van der Waals surface area contributed by atoms with Crippen molar-refractivity contribution in [3.05, 3.63) is 70.0 Å². The van der Waals surface area contributed by atoms with Crippen LogP contribution in [-0.2, 0) is 5.75 Å². The minimum absolute atomic E-state index is 0.0937. The molecule has 0 saturated heterocycles. The summed E-state index contributed by atoms with van der Waals surface area (Å²) in [6, 6.07) is 15.6. The van der Waals surface area contributed by atoms with Crippen LogP contribution in [0.4, 0.5) is 5.69 Å². The molecule has 0 unspecified atom stereocenters. The Kier molecular flexibility index (Phi) is 6.14. The summed E-state index contributed by atoms with van der Waals surface area (Å²) in [6.45, 7) is 2.88. The molecular formula is C21H19N3OS3. The molecule has 28 heavy (non-hydrogen) atoms. The first kappa shape index (κ1) is 19.2. The zero-order valence-electron chi connectivity index (χ0n) is 15.3. The van der Waals surface area contributed by atoms with E-state index in [-0.39, 0.29) is 5.91 Å². The molecule has 0 fully saturated rings. The highest BCUT2D eigenvalue weighted by molar-refractivity contribution is 8.38. The van der Waals surface area contributed by atoms with Gasteiger partial charge in [-0.1, -0.05) is 53.9 Å². The quantitative estimate of drug-likeness (QED) is 0.569. The summed E-state index contributed by atoms with van der Waals surface area (Å²) in [6.07, 6.45) is 0. The molecule has 1 N–H and O–H groups in total. The summed E-state index contributed by atoms with van der Waals surface area (Å²) in [7, 11) is 0. The molecular weight excluding hydrogens is 406 g/mol. The van der Waals surface area contributed by atoms with Gasteiger partial charge in [-0.05, 0) is 30.7 Å². The Morgan fingerprint density at radius 2 is 2.11 bits per heavy atom. The van der Waals surface area contributed by atoms with E-state index in [1.54, 1.807) is 34.9 Å². The second-order valence-electron chi connectivity index (χ2n) is 6.23. The first-order valence-electron chi connectivity index (χ1n) is 8.91. The zero-order valence-corrected chi connectivity index (χ0v) is 17.8. The molecule has 2 aromatic carbocycles. The molecule has 1 aliphatic heterocycles. The summed E-state index contributed by atoms with van der Waals surface area (Å²) >= 11 is 5.11. The standard InChI is InChI=1S/C21H19N3OS3/c1-14-23-19(13-27-14)15-6-4-7-17(11-15)24-20(25)18-8-3-2-5-16(18)12-28-21-22-9-10-26-21/h2-8,11,13H,9-10,12H2,1H3,(H,24,25). The number of benzene rings is 2. The minimum atomic E-state index is -0.0937. The smallest absolute Gasteiger partial charge is 0.255 e. The third kappa shape index (κ3) is 4.66. The largest absolute Gasteiger partial charge is 0.322 e. The normalized spacial score (nSPS) is 13.4. The molecule has 0 atom stereocenters. The molecule has 142 valence electrons. The summed E-state index contributed by atoms with van der Waals surface area (Å²) in [4.78, 5) is 21.9. The van der Waals surface area contributed by atoms with E-state index in [1.165, 1.54) is 0 Å². The van der Waals surface area contributed by atoms with Crippen molar-refractivity contribution in [1.82, 2.24) is 4.98 Å². The Morgan fingerprint density at radius 3 is 2.89 bits per heavy atom. The topological polar surface area (TPSA) is 54.4 Å². The SMILES string of the molecule is Cc1nc(-c2cccc(NC(=O)c3ccccc3CSC3=NCCS3)c2)cs1. The van der Waals surface area contributed by atoms with Gasteiger partial charge in [0.2, 0.25) is 0 Å². The van der Waals surface area contributed by atoms with Crippen molar-refractivity contribution in [3.63, 3.8) is 0 Å². The average molecular weight is 426 g/mol. The van der Waals surface area contributed by atoms with Gasteiger partial charge in [0.05, 0.1) is 17.2 Å². The van der Waals surface area contributed by atoms with Crippen LogP contribution >= 0.6 is 34.9 Å². The number of hydrogen-bond donors (Lipinski definition) is 1. The number of anilines is 1. The Morgan fingerprint density at radius 1 is 1.21 bits per heavy atom. The molecule has 2 heterocycles. The van der Waals surface area contributed by atoms with E-state index in [4.69, 9.17) is 0 Å². The van der Waals surface area contributed by atoms with Crippen molar-refractivity contribution in [2.75, 3.05) is 17.6 Å². The zero-order chi connectivity index (χ0) is 19.3. The van der Waals surface area contributed by atoms with Crippen LogP contribution in [0.2, 0.25) is 0 Å². The molecule has 1 aromatic heterocycles. The summed E-state index contributed by atoms with van der Waals surface area (Å²) in [5, 5.41) is 6.10. The fourth-order valence-electron chi connectivity index (χ4n) is 2.86. The number of nitrogens with zero attached hydrogens (tertiary/aromatic N) is 2. The molecule has 3 aromatic rings. The van der Waals surface area contributed by atoms with E-state index in [1.807, 2.05) is 60.8 Å². The highest BCUT2D eigenvalue weighted by atomic mass is 32.2. The number of aryl methyl sites for hydroxylation is 1. The molecule has 0 bridgehead atoms. The number of aromatic nitrogens is 1. The lowest BCUT2D eigenvalue weighted by Crippen LogP contribution is -2.14. The first-order valence-corrected chi connectivity index (χ1v) is 11.8. The number of rotatable bonds is 5. The van der Waals surface area contributed by atoms with Crippen molar-refractivity contribution in [3.8, 4) is 11.3 Å². The van der Waals surface area contributed by atoms with Crippen LogP contribution in [0.3, 0.4) is 0 Å². The molecule has 1 aliphatic rings. The lowest BCUT2D eigenvalue weighted by atomic mass is 10.1. The van der Waals surface area contributed by atoms with Crippen LogP contribution in [0.15, 0.2) is 58.9 Å². The van der Waals surface area contributed by atoms with Crippen LogP contribution in [0.5, 0.6) is 0 Å². The predicted octanol–water partition coefficient (Wildman–Crippen LogP) is 5.71. The molecule has 4 rings (SSSR count). The van der Waals surface area contributed by atoms with Crippen molar-refractivity contribution in [2.24, 2.45) is 4.99 Å². The first-order chi connectivity index (χ1) is 13.7. The van der Waals surface area contributed by atoms with E-state index in [0.717, 1.165) is 49.9 Å². The Labute approximate surface area is 176 Å². The third-order valence-electron chi connectivity index (χ3n) is 4.21. The van der Waals surface area contributed by atoms with Gasteiger partial charge in [-0.2, -0.15) is 0 Å². The number of hydrogen-bond acceptors (Lipinski definition) is 6. The summed E-state index contributed by atoms with van der Waals surface area (Å²) in [5.74, 6) is 1.70. The molecule has 0 spiro atoms. The fourth-order valence-corrected chi connectivity index (χ4v) is 5.50. The van der Waals surface area contributed by atoms with Crippen molar-refractivity contribution >= 4 is 50.8 Å². The lowest BCUT2D eigenvalue weighted by Gasteiger charge is -2.11. The van der Waals surface area contributed by atoms with Gasteiger partial charge in [-0.3, -0.25) is 9.79 Å². The maximum absolute atomic E-state index is 12.9. The maximum Gasteiger partial charge on any atom is 0.255 e. The number of thiazole rings is 1. The van der Waals surface area contributed by atoms with Crippen molar-refractivity contribution in [1.29, 1.82) is 0 Å². The molecule has 0 aliphatic carbocycles. The van der Waals surface area contributed by atoms with Crippen LogP contribution < -0.4 is 5.32 Å². The van der Waals surface area contributed by atoms with Gasteiger partial charge in [0.1, 0.15) is 4.38 Å². The lowest BCUT2D eigenvalue weighted by molar-refractivity contribution is 0.102. The van der Waals surface area contributed by atoms with E-state index < -0.39 is 0 Å². The fraction of sp³-hybridized carbons (Fsp3) is 0.190. The average Bonchev–Trinajstić information content (AvgIpc) is 3.38. The van der Waals surface area contributed by atoms with Gasteiger partial charge in [0.25, 0.3) is 5.91 Å². The number of carbonyl (C=O) groups is 1. The Hall–Kier alpha value is -2.09. The number of carbonyl (C=O) groups excluding carboxylic acids is 1. The molecule has 0 saturated carbocycles. The van der Waals surface area contributed by atoms with Crippen molar-refractivity contribution < 1.29 is 4.79 Å². The van der Waals surface area contributed by atoms with Crippen LogP contribution in [0.1, 0.15) is 20.9 Å². The third-order valence-corrected chi connectivity index (χ3v) is 7.28. The van der Waals surface area contributed by atoms with Gasteiger partial charge < -0.3 is 5.32 Å². The molecule has 7 heteroatoms. The van der Waals surface area contributed by atoms with Crippen LogP contribution in [-0.4, -0.2) is 27.6 Å². The van der Waals surface area contributed by atoms with Gasteiger partial charge in [-0.25, -0.2) is 4.98 Å². The second kappa shape index (κ2) is 8.94. The number of nitrogens with one attached hydrogen (secondary N) is 1. The molecule has 4 nitrogen and oxygen atoms in total. The number of aliphatic imine (C=N–C) groups is 1. The van der Waals surface area contributed by atoms with Gasteiger partial charge in [0.15, 0.2) is 0 Å². The summed E-state index contributed by atoms with van der Waals surface area (Å²) < 4.78 is 1.11. The Balaban J connectivity index is 1.49. The molecule has 0 radical (unpaired) electrons. The highest BCUT2D eigenvalue weighted by Crippen LogP contribution is 2.27. The predicted molar refractivity (Wildman–Crippen MR) is 123 cm³/mol. The number of amides is 1. The van der Waals surface area contributed by atoms with Gasteiger partial charge >= 0.3 is 0 Å². The van der Waals surface area contributed by atoms with Gasteiger partial charge in [-0.15, -0.1) is 11.3 Å². The second-order valence-corrected chi connectivity index (χ2v) is 9.60.